The maximum atomic E-state index is 12.3. The number of hydrogen-bond donors (Lipinski definition) is 0. The van der Waals surface area contributed by atoms with Crippen LogP contribution in [0.2, 0.25) is 0 Å². The third-order valence-electron chi connectivity index (χ3n) is 3.62. The van der Waals surface area contributed by atoms with Gasteiger partial charge in [0.1, 0.15) is 5.76 Å². The molecule has 0 fully saturated rings. The van der Waals surface area contributed by atoms with Crippen LogP contribution in [0.3, 0.4) is 0 Å². The number of aryl methyl sites for hydroxylation is 1. The minimum Gasteiger partial charge on any atom is -0.422 e. The molecule has 0 N–H and O–H groups in total. The van der Waals surface area contributed by atoms with E-state index >= 15 is 0 Å². The number of benzene rings is 1. The maximum absolute atomic E-state index is 12.3. The fourth-order valence-electron chi connectivity index (χ4n) is 2.43. The molecule has 9 nitrogen and oxygen atoms in total. The van der Waals surface area contributed by atoms with E-state index in [9.17, 15) is 9.59 Å². The Balaban J connectivity index is 0.000000431. The van der Waals surface area contributed by atoms with E-state index in [2.05, 4.69) is 0 Å². The van der Waals surface area contributed by atoms with Gasteiger partial charge in [-0.15, -0.1) is 10.2 Å². The molecule has 2 aliphatic rings. The number of hydrogen-bond acceptors (Lipinski definition) is 7. The van der Waals surface area contributed by atoms with E-state index in [1.165, 1.54) is 11.6 Å². The Labute approximate surface area is 149 Å². The smallest absolute Gasteiger partial charge is 0.422 e. The van der Waals surface area contributed by atoms with Gasteiger partial charge < -0.3 is 4.42 Å². The first kappa shape index (κ1) is 19.8. The van der Waals surface area contributed by atoms with E-state index in [1.54, 1.807) is 7.05 Å². The second-order valence-corrected chi connectivity index (χ2v) is 6.18. The average molecular weight is 383 g/mol. The van der Waals surface area contributed by atoms with Crippen molar-refractivity contribution >= 4 is 0 Å². The molecule has 0 unspecified atom stereocenters. The Morgan fingerprint density at radius 1 is 1.08 bits per heavy atom. The highest BCUT2D eigenvalue weighted by molar-refractivity contribution is 5.64. The van der Waals surface area contributed by atoms with Crippen molar-refractivity contribution in [3.63, 3.8) is 0 Å². The van der Waals surface area contributed by atoms with Gasteiger partial charge in [-0.3, -0.25) is 0 Å². The third-order valence-corrected chi connectivity index (χ3v) is 3.62. The largest absolute Gasteiger partial charge is 0.503 e. The Kier molecular flexibility index (Phi) is 5.59. The quantitative estimate of drug-likeness (QED) is 0.396. The van der Waals surface area contributed by atoms with Crippen LogP contribution in [0.1, 0.15) is 5.56 Å². The van der Waals surface area contributed by atoms with Crippen molar-refractivity contribution in [1.29, 1.82) is 0 Å². The normalized spacial score (nSPS) is 11.2. The lowest BCUT2D eigenvalue weighted by molar-refractivity contribution is -2.00. The van der Waals surface area contributed by atoms with Gasteiger partial charge >= 0.3 is 17.1 Å². The molecule has 0 radical (unpaired) electrons. The van der Waals surface area contributed by atoms with Gasteiger partial charge in [0.05, 0.1) is 14.1 Å². The fourth-order valence-corrected chi connectivity index (χ4v) is 2.43. The van der Waals surface area contributed by atoms with Crippen LogP contribution in [-0.4, -0.2) is 4.57 Å². The number of nitrogens with zero attached hydrogens (tertiary/aromatic N) is 2. The molecule has 26 heavy (non-hydrogen) atoms. The molecule has 0 amide bonds. The number of halogens is 1. The average Bonchev–Trinajstić information content (AvgIpc) is 2.56. The van der Waals surface area contributed by atoms with Crippen LogP contribution in [0.15, 0.2) is 50.4 Å². The lowest BCUT2D eigenvalue weighted by Gasteiger charge is -2.17. The first-order chi connectivity index (χ1) is 12.0. The molecule has 1 aromatic carbocycles. The number of rotatable bonds is 1. The summed E-state index contributed by atoms with van der Waals surface area (Å²) in [5.74, 6) is 0.922. The molecule has 0 saturated carbocycles. The summed E-state index contributed by atoms with van der Waals surface area (Å²) < 4.78 is 42.2. The van der Waals surface area contributed by atoms with Gasteiger partial charge in [-0.25, -0.2) is 23.4 Å². The van der Waals surface area contributed by atoms with Gasteiger partial charge in [-0.1, -0.05) is 30.3 Å². The summed E-state index contributed by atoms with van der Waals surface area (Å²) in [5, 5.41) is 0. The summed E-state index contributed by atoms with van der Waals surface area (Å²) in [6, 6.07) is 11.4. The third kappa shape index (κ3) is 4.34. The molecule has 0 bridgehead atoms. The molecule has 1 aromatic rings. The molecular formula is C16H15ClN2O7. The van der Waals surface area contributed by atoms with Crippen LogP contribution >= 0.6 is 0 Å². The predicted octanol–water partition coefficient (Wildman–Crippen LogP) is -3.51. The molecule has 10 heteroatoms. The molecule has 2 aliphatic heterocycles. The van der Waals surface area contributed by atoms with Crippen molar-refractivity contribution in [2.45, 2.75) is 6.92 Å². The van der Waals surface area contributed by atoms with Crippen LogP contribution < -0.4 is 34.5 Å². The Hall–Kier alpha value is -2.56. The summed E-state index contributed by atoms with van der Waals surface area (Å²) >= 11 is 0. The van der Waals surface area contributed by atoms with Gasteiger partial charge in [0.15, 0.2) is 5.56 Å². The van der Waals surface area contributed by atoms with Crippen LogP contribution in [0.4, 0.5) is 0 Å². The number of fused-ring (bicyclic) bond motifs is 1. The van der Waals surface area contributed by atoms with E-state index in [1.807, 2.05) is 43.3 Å². The van der Waals surface area contributed by atoms with Gasteiger partial charge in [0, 0.05) is 5.56 Å². The molecule has 2 heterocycles. The standard InChI is InChI=1S/C16H15N2O3.ClHO4/c1-10-9-12(11-7-5-4-6-8-11)21-15-13(10)14(19)17(2)16(20)18(15)3;2-1(3,4)5/h4-9H,1-3H3;(H,2,3,4,5)/q+1;/p-1. The van der Waals surface area contributed by atoms with Gasteiger partial charge in [-0.05, 0) is 18.6 Å². The Bertz CT molecular complexity index is 1000. The molecular weight excluding hydrogens is 368 g/mol. The van der Waals surface area contributed by atoms with E-state index in [0.29, 0.717) is 17.2 Å². The molecule has 0 aliphatic carbocycles. The van der Waals surface area contributed by atoms with Gasteiger partial charge in [0.2, 0.25) is 0 Å². The van der Waals surface area contributed by atoms with Crippen molar-refractivity contribution < 1.29 is 37.9 Å². The summed E-state index contributed by atoms with van der Waals surface area (Å²) in [4.78, 5) is 24.3. The zero-order valence-corrected chi connectivity index (χ0v) is 14.9. The molecule has 3 rings (SSSR count). The highest BCUT2D eigenvalue weighted by atomic mass is 35.7. The highest BCUT2D eigenvalue weighted by Gasteiger charge is 2.27. The minimum atomic E-state index is -4.94. The predicted molar refractivity (Wildman–Crippen MR) is 78.2 cm³/mol. The molecule has 0 spiro atoms. The van der Waals surface area contributed by atoms with E-state index in [4.69, 9.17) is 23.1 Å². The zero-order valence-electron chi connectivity index (χ0n) is 14.1. The van der Waals surface area contributed by atoms with Crippen molar-refractivity contribution in [2.24, 2.45) is 14.1 Å². The molecule has 0 saturated heterocycles. The lowest BCUT2D eigenvalue weighted by Crippen LogP contribution is -2.68. The molecule has 0 aromatic heterocycles. The Morgan fingerprint density at radius 3 is 2.15 bits per heavy atom. The van der Waals surface area contributed by atoms with Crippen LogP contribution in [0, 0.1) is 17.2 Å². The first-order valence-electron chi connectivity index (χ1n) is 7.21. The maximum Gasteiger partial charge on any atom is 0.503 e. The van der Waals surface area contributed by atoms with Crippen molar-refractivity contribution in [3.8, 4) is 22.8 Å². The first-order valence-corrected chi connectivity index (χ1v) is 8.45. The summed E-state index contributed by atoms with van der Waals surface area (Å²) in [6.45, 7) is 1.84. The van der Waals surface area contributed by atoms with Crippen LogP contribution in [-0.2, 0) is 14.1 Å². The van der Waals surface area contributed by atoms with Gasteiger partial charge in [0.25, 0.3) is 0 Å². The van der Waals surface area contributed by atoms with Crippen molar-refractivity contribution in [2.75, 3.05) is 0 Å². The topological polar surface area (TPSA) is 148 Å². The zero-order chi connectivity index (χ0) is 19.6. The van der Waals surface area contributed by atoms with Crippen LogP contribution in [0.25, 0.3) is 22.8 Å². The fraction of sp³-hybridized carbons (Fsp3) is 0.188. The minimum absolute atomic E-state index is 0.293. The van der Waals surface area contributed by atoms with Crippen molar-refractivity contribution in [3.05, 3.63) is 62.8 Å². The second-order valence-electron chi connectivity index (χ2n) is 5.42. The number of aromatic nitrogens is 2. The second kappa shape index (κ2) is 7.36. The van der Waals surface area contributed by atoms with Crippen molar-refractivity contribution in [1.82, 2.24) is 4.57 Å². The monoisotopic (exact) mass is 382 g/mol. The van der Waals surface area contributed by atoms with E-state index in [0.717, 1.165) is 15.7 Å². The van der Waals surface area contributed by atoms with E-state index in [-0.39, 0.29) is 5.56 Å². The highest BCUT2D eigenvalue weighted by Crippen LogP contribution is 2.27. The van der Waals surface area contributed by atoms with Crippen LogP contribution in [0.5, 0.6) is 0 Å². The summed E-state index contributed by atoms with van der Waals surface area (Å²) in [6.07, 6.45) is 0. The molecule has 0 atom stereocenters. The molecule has 138 valence electrons. The van der Waals surface area contributed by atoms with E-state index < -0.39 is 15.9 Å². The van der Waals surface area contributed by atoms with Gasteiger partial charge in [-0.2, -0.15) is 13.9 Å². The Morgan fingerprint density at radius 2 is 1.62 bits per heavy atom. The summed E-state index contributed by atoms with van der Waals surface area (Å²) in [7, 11) is -1.88. The summed E-state index contributed by atoms with van der Waals surface area (Å²) in [5.41, 5.74) is 1.37. The SMILES string of the molecule is Cc1cc(-c2ccccc2)oc2[n+](C)c(=O)n(C)c(=O)c1-2.[O-][Cl+3]([O-])([O-])[O-]. The lowest BCUT2D eigenvalue weighted by atomic mass is 10.1.